The zero-order valence-electron chi connectivity index (χ0n) is 14.9. The van der Waals surface area contributed by atoms with Gasteiger partial charge in [-0.25, -0.2) is 9.59 Å². The number of hydrogen-bond donors (Lipinski definition) is 3. The number of carbonyl (C=O) groups excluding carboxylic acids is 3. The first-order valence-electron chi connectivity index (χ1n) is 7.91. The molecule has 3 N–H and O–H groups in total. The Morgan fingerprint density at radius 2 is 1.60 bits per heavy atom. The molecule has 25 heavy (non-hydrogen) atoms. The minimum absolute atomic E-state index is 0.233. The number of methoxy groups -OCH3 is 2. The van der Waals surface area contributed by atoms with Crippen molar-refractivity contribution in [2.75, 3.05) is 19.5 Å². The Morgan fingerprint density at radius 3 is 2.12 bits per heavy atom. The fourth-order valence-electron chi connectivity index (χ4n) is 2.09. The molecular weight excluding hydrogens is 326 g/mol. The highest BCUT2D eigenvalue weighted by atomic mass is 16.5. The highest BCUT2D eigenvalue weighted by Crippen LogP contribution is 2.10. The van der Waals surface area contributed by atoms with Crippen molar-refractivity contribution < 1.29 is 23.9 Å². The van der Waals surface area contributed by atoms with Crippen molar-refractivity contribution in [2.24, 2.45) is 5.92 Å². The Morgan fingerprint density at radius 1 is 1.00 bits per heavy atom. The molecule has 0 aliphatic carbocycles. The standard InChI is InChI=1S/C17H25N3O5/c1-11(2)9-14(20-17(23)25-4)15(21)18-10-12-5-7-13(8-6-12)19-16(22)24-3/h5-8,11,14H,9-10H2,1-4H3,(H,18,21)(H,19,22)(H,20,23). The van der Waals surface area contributed by atoms with E-state index in [1.165, 1.54) is 14.2 Å². The zero-order chi connectivity index (χ0) is 18.8. The van der Waals surface area contributed by atoms with E-state index in [1.54, 1.807) is 24.3 Å². The van der Waals surface area contributed by atoms with Gasteiger partial charge < -0.3 is 20.1 Å². The third-order valence-corrected chi connectivity index (χ3v) is 3.35. The average molecular weight is 351 g/mol. The van der Waals surface area contributed by atoms with Crippen LogP contribution in [0.25, 0.3) is 0 Å². The van der Waals surface area contributed by atoms with Gasteiger partial charge in [-0.05, 0) is 30.0 Å². The first-order chi connectivity index (χ1) is 11.8. The molecule has 1 rings (SSSR count). The molecule has 3 amide bonds. The van der Waals surface area contributed by atoms with Crippen molar-refractivity contribution in [3.05, 3.63) is 29.8 Å². The number of hydrogen-bond acceptors (Lipinski definition) is 5. The summed E-state index contributed by atoms with van der Waals surface area (Å²) in [7, 11) is 2.54. The third-order valence-electron chi connectivity index (χ3n) is 3.35. The van der Waals surface area contributed by atoms with Crippen LogP contribution in [-0.2, 0) is 20.8 Å². The summed E-state index contributed by atoms with van der Waals surface area (Å²) in [5.74, 6) is -0.0487. The molecular formula is C17H25N3O5. The quantitative estimate of drug-likeness (QED) is 0.699. The molecule has 1 aromatic carbocycles. The molecule has 138 valence electrons. The fourth-order valence-corrected chi connectivity index (χ4v) is 2.09. The summed E-state index contributed by atoms with van der Waals surface area (Å²) in [6.07, 6.45) is -0.686. The summed E-state index contributed by atoms with van der Waals surface area (Å²) in [4.78, 5) is 34.8. The molecule has 0 radical (unpaired) electrons. The smallest absolute Gasteiger partial charge is 0.411 e. The van der Waals surface area contributed by atoms with Crippen LogP contribution in [0.1, 0.15) is 25.8 Å². The van der Waals surface area contributed by atoms with Crippen LogP contribution in [0.15, 0.2) is 24.3 Å². The summed E-state index contributed by atoms with van der Waals surface area (Å²) in [6, 6.07) is 6.30. The van der Waals surface area contributed by atoms with E-state index in [0.29, 0.717) is 18.7 Å². The molecule has 0 saturated carbocycles. The summed E-state index contributed by atoms with van der Waals surface area (Å²) >= 11 is 0. The van der Waals surface area contributed by atoms with E-state index in [4.69, 9.17) is 0 Å². The largest absolute Gasteiger partial charge is 0.453 e. The van der Waals surface area contributed by atoms with Gasteiger partial charge in [-0.1, -0.05) is 26.0 Å². The molecule has 0 aliphatic heterocycles. The van der Waals surface area contributed by atoms with Crippen molar-refractivity contribution in [1.82, 2.24) is 10.6 Å². The zero-order valence-corrected chi connectivity index (χ0v) is 14.9. The van der Waals surface area contributed by atoms with Gasteiger partial charge in [0.25, 0.3) is 0 Å². The maximum Gasteiger partial charge on any atom is 0.411 e. The lowest BCUT2D eigenvalue weighted by Crippen LogP contribution is -2.47. The van der Waals surface area contributed by atoms with Crippen LogP contribution in [0.2, 0.25) is 0 Å². The van der Waals surface area contributed by atoms with Gasteiger partial charge in [0.1, 0.15) is 6.04 Å². The van der Waals surface area contributed by atoms with Gasteiger partial charge in [0.15, 0.2) is 0 Å². The van der Waals surface area contributed by atoms with E-state index < -0.39 is 18.2 Å². The lowest BCUT2D eigenvalue weighted by molar-refractivity contribution is -0.123. The van der Waals surface area contributed by atoms with E-state index in [0.717, 1.165) is 5.56 Å². The maximum atomic E-state index is 12.3. The second-order valence-electron chi connectivity index (χ2n) is 5.85. The minimum atomic E-state index is -0.660. The fraction of sp³-hybridized carbons (Fsp3) is 0.471. The van der Waals surface area contributed by atoms with Crippen LogP contribution in [0.4, 0.5) is 15.3 Å². The van der Waals surface area contributed by atoms with Crippen molar-refractivity contribution >= 4 is 23.8 Å². The Balaban J connectivity index is 2.59. The minimum Gasteiger partial charge on any atom is -0.453 e. The number of amides is 3. The maximum absolute atomic E-state index is 12.3. The summed E-state index contributed by atoms with van der Waals surface area (Å²) < 4.78 is 9.06. The molecule has 8 heteroatoms. The number of benzene rings is 1. The molecule has 1 aromatic rings. The molecule has 0 aliphatic rings. The molecule has 0 spiro atoms. The van der Waals surface area contributed by atoms with Crippen LogP contribution in [0.5, 0.6) is 0 Å². The van der Waals surface area contributed by atoms with Crippen molar-refractivity contribution in [2.45, 2.75) is 32.9 Å². The predicted octanol–water partition coefficient (Wildman–Crippen LogP) is 2.25. The first-order valence-corrected chi connectivity index (χ1v) is 7.91. The third kappa shape index (κ3) is 7.56. The second kappa shape index (κ2) is 10.2. The van der Waals surface area contributed by atoms with Crippen LogP contribution in [0, 0.1) is 5.92 Å². The van der Waals surface area contributed by atoms with E-state index >= 15 is 0 Å². The normalized spacial score (nSPS) is 11.4. The van der Waals surface area contributed by atoms with Crippen LogP contribution in [-0.4, -0.2) is 38.4 Å². The molecule has 0 fully saturated rings. The molecule has 1 atom stereocenters. The van der Waals surface area contributed by atoms with E-state index in [1.807, 2.05) is 13.8 Å². The average Bonchev–Trinajstić information content (AvgIpc) is 2.59. The number of rotatable bonds is 7. The van der Waals surface area contributed by atoms with Gasteiger partial charge in [-0.15, -0.1) is 0 Å². The van der Waals surface area contributed by atoms with Gasteiger partial charge in [0, 0.05) is 12.2 Å². The Kier molecular flexibility index (Phi) is 8.25. The molecule has 0 aromatic heterocycles. The Labute approximate surface area is 147 Å². The SMILES string of the molecule is COC(=O)Nc1ccc(CNC(=O)C(CC(C)C)NC(=O)OC)cc1. The number of carbonyl (C=O) groups is 3. The van der Waals surface area contributed by atoms with Crippen LogP contribution >= 0.6 is 0 Å². The molecule has 0 saturated heterocycles. The van der Waals surface area contributed by atoms with Crippen molar-refractivity contribution in [1.29, 1.82) is 0 Å². The predicted molar refractivity (Wildman–Crippen MR) is 93.1 cm³/mol. The summed E-state index contributed by atoms with van der Waals surface area (Å²) in [5.41, 5.74) is 1.44. The molecule has 0 heterocycles. The Hall–Kier alpha value is -2.77. The van der Waals surface area contributed by atoms with E-state index in [9.17, 15) is 14.4 Å². The lowest BCUT2D eigenvalue weighted by Gasteiger charge is -2.19. The van der Waals surface area contributed by atoms with Crippen molar-refractivity contribution in [3.8, 4) is 0 Å². The topological polar surface area (TPSA) is 106 Å². The van der Waals surface area contributed by atoms with Gasteiger partial charge >= 0.3 is 12.2 Å². The monoisotopic (exact) mass is 351 g/mol. The first kappa shape index (κ1) is 20.3. The second-order valence-corrected chi connectivity index (χ2v) is 5.85. The molecule has 8 nitrogen and oxygen atoms in total. The highest BCUT2D eigenvalue weighted by Gasteiger charge is 2.21. The van der Waals surface area contributed by atoms with E-state index in [-0.39, 0.29) is 11.8 Å². The van der Waals surface area contributed by atoms with E-state index in [2.05, 4.69) is 25.4 Å². The number of alkyl carbamates (subject to hydrolysis) is 1. The van der Waals surface area contributed by atoms with Crippen LogP contribution < -0.4 is 16.0 Å². The molecule has 1 unspecified atom stereocenters. The van der Waals surface area contributed by atoms with Gasteiger partial charge in [0.2, 0.25) is 5.91 Å². The number of nitrogens with one attached hydrogen (secondary N) is 3. The van der Waals surface area contributed by atoms with Gasteiger partial charge in [-0.3, -0.25) is 10.1 Å². The number of anilines is 1. The van der Waals surface area contributed by atoms with Gasteiger partial charge in [0.05, 0.1) is 14.2 Å². The number of ether oxygens (including phenoxy) is 2. The van der Waals surface area contributed by atoms with Crippen molar-refractivity contribution in [3.63, 3.8) is 0 Å². The summed E-state index contributed by atoms with van der Waals surface area (Å²) in [5, 5.41) is 7.86. The van der Waals surface area contributed by atoms with Gasteiger partial charge in [-0.2, -0.15) is 0 Å². The molecule has 0 bridgehead atoms. The lowest BCUT2D eigenvalue weighted by atomic mass is 10.0. The Bertz CT molecular complexity index is 586. The highest BCUT2D eigenvalue weighted by molar-refractivity contribution is 5.86. The summed E-state index contributed by atoms with van der Waals surface area (Å²) in [6.45, 7) is 4.23. The van der Waals surface area contributed by atoms with Crippen LogP contribution in [0.3, 0.4) is 0 Å².